The molecule has 2 aliphatic heterocycles. The summed E-state index contributed by atoms with van der Waals surface area (Å²) in [5.74, 6) is 4.50. The SMILES string of the molecule is O=C(NCCc1nnc2n1CCC2)c1ccc(C2SCCCS2)cc1. The van der Waals surface area contributed by atoms with Crippen LogP contribution in [0.1, 0.15) is 45.0 Å². The summed E-state index contributed by atoms with van der Waals surface area (Å²) in [6.07, 6.45) is 4.19. The van der Waals surface area contributed by atoms with Gasteiger partial charge in [-0.2, -0.15) is 0 Å². The smallest absolute Gasteiger partial charge is 0.251 e. The molecule has 0 radical (unpaired) electrons. The zero-order valence-electron chi connectivity index (χ0n) is 14.1. The quantitative estimate of drug-likeness (QED) is 0.872. The average molecular weight is 375 g/mol. The average Bonchev–Trinajstić information content (AvgIpc) is 3.27. The summed E-state index contributed by atoms with van der Waals surface area (Å²) in [5, 5.41) is 11.4. The lowest BCUT2D eigenvalue weighted by atomic mass is 10.1. The van der Waals surface area contributed by atoms with Gasteiger partial charge in [0.05, 0.1) is 4.58 Å². The normalized spacial score (nSPS) is 17.4. The molecule has 0 spiro atoms. The Hall–Kier alpha value is -1.47. The molecule has 4 rings (SSSR count). The van der Waals surface area contributed by atoms with Crippen LogP contribution in [0.15, 0.2) is 24.3 Å². The highest BCUT2D eigenvalue weighted by Crippen LogP contribution is 2.43. The molecule has 0 aliphatic carbocycles. The molecule has 3 heterocycles. The molecule has 2 aliphatic rings. The highest BCUT2D eigenvalue weighted by molar-refractivity contribution is 8.16. The van der Waals surface area contributed by atoms with Crippen molar-refractivity contribution in [2.45, 2.75) is 36.8 Å². The molecule has 0 atom stereocenters. The second kappa shape index (κ2) is 7.83. The van der Waals surface area contributed by atoms with E-state index in [-0.39, 0.29) is 5.91 Å². The number of rotatable bonds is 5. The number of nitrogens with one attached hydrogen (secondary N) is 1. The number of aryl methyl sites for hydroxylation is 1. The molecule has 1 fully saturated rings. The van der Waals surface area contributed by atoms with Crippen molar-refractivity contribution in [1.82, 2.24) is 20.1 Å². The van der Waals surface area contributed by atoms with Crippen molar-refractivity contribution < 1.29 is 4.79 Å². The monoisotopic (exact) mass is 374 g/mol. The Balaban J connectivity index is 1.30. The van der Waals surface area contributed by atoms with E-state index in [9.17, 15) is 4.79 Å². The Bertz CT molecular complexity index is 738. The van der Waals surface area contributed by atoms with E-state index in [2.05, 4.69) is 32.2 Å². The Kier molecular flexibility index (Phi) is 5.31. The highest BCUT2D eigenvalue weighted by Gasteiger charge is 2.18. The van der Waals surface area contributed by atoms with E-state index in [1.807, 2.05) is 35.7 Å². The first-order valence-corrected chi connectivity index (χ1v) is 10.9. The van der Waals surface area contributed by atoms with Gasteiger partial charge in [0, 0.05) is 31.5 Å². The van der Waals surface area contributed by atoms with Crippen LogP contribution in [-0.4, -0.2) is 38.7 Å². The number of amides is 1. The van der Waals surface area contributed by atoms with Crippen LogP contribution in [0.3, 0.4) is 0 Å². The van der Waals surface area contributed by atoms with Crippen LogP contribution in [0, 0.1) is 0 Å². The third-order valence-corrected chi connectivity index (χ3v) is 7.61. The van der Waals surface area contributed by atoms with Gasteiger partial charge < -0.3 is 9.88 Å². The molecule has 25 heavy (non-hydrogen) atoms. The Morgan fingerprint density at radius 3 is 2.76 bits per heavy atom. The topological polar surface area (TPSA) is 59.8 Å². The molecule has 1 amide bonds. The summed E-state index contributed by atoms with van der Waals surface area (Å²) in [7, 11) is 0. The van der Waals surface area contributed by atoms with Crippen LogP contribution in [-0.2, 0) is 19.4 Å². The largest absolute Gasteiger partial charge is 0.352 e. The van der Waals surface area contributed by atoms with Crippen LogP contribution >= 0.6 is 23.5 Å². The molecule has 132 valence electrons. The van der Waals surface area contributed by atoms with Crippen LogP contribution in [0.4, 0.5) is 0 Å². The van der Waals surface area contributed by atoms with Crippen molar-refractivity contribution in [2.24, 2.45) is 0 Å². The van der Waals surface area contributed by atoms with Crippen LogP contribution < -0.4 is 5.32 Å². The number of fused-ring (bicyclic) bond motifs is 1. The fourth-order valence-electron chi connectivity index (χ4n) is 3.26. The number of aromatic nitrogens is 3. The molecule has 0 bridgehead atoms. The Morgan fingerprint density at radius 2 is 1.96 bits per heavy atom. The number of carbonyl (C=O) groups is 1. The lowest BCUT2D eigenvalue weighted by Gasteiger charge is -2.21. The first-order chi connectivity index (χ1) is 12.3. The number of carbonyl (C=O) groups excluding carboxylic acids is 1. The second-order valence-corrected chi connectivity index (χ2v) is 9.07. The van der Waals surface area contributed by atoms with Gasteiger partial charge in [0.1, 0.15) is 11.6 Å². The maximum atomic E-state index is 12.3. The molecular weight excluding hydrogens is 352 g/mol. The van der Waals surface area contributed by atoms with Gasteiger partial charge in [-0.3, -0.25) is 4.79 Å². The van der Waals surface area contributed by atoms with Crippen molar-refractivity contribution in [3.05, 3.63) is 47.0 Å². The van der Waals surface area contributed by atoms with Gasteiger partial charge in [-0.1, -0.05) is 12.1 Å². The van der Waals surface area contributed by atoms with E-state index in [1.54, 1.807) is 0 Å². The summed E-state index contributed by atoms with van der Waals surface area (Å²) in [4.78, 5) is 12.3. The summed E-state index contributed by atoms with van der Waals surface area (Å²) >= 11 is 4.00. The second-order valence-electron chi connectivity index (χ2n) is 6.34. The molecule has 1 aromatic heterocycles. The molecule has 1 aromatic carbocycles. The van der Waals surface area contributed by atoms with E-state index in [1.165, 1.54) is 23.5 Å². The zero-order chi connectivity index (χ0) is 17.1. The van der Waals surface area contributed by atoms with Gasteiger partial charge in [0.2, 0.25) is 0 Å². The zero-order valence-corrected chi connectivity index (χ0v) is 15.7. The minimum atomic E-state index is -0.0170. The predicted octanol–water partition coefficient (Wildman–Crippen LogP) is 3.07. The number of nitrogens with zero attached hydrogens (tertiary/aromatic N) is 3. The van der Waals surface area contributed by atoms with Crippen LogP contribution in [0.2, 0.25) is 0 Å². The van der Waals surface area contributed by atoms with Gasteiger partial charge in [0.15, 0.2) is 0 Å². The number of hydrogen-bond acceptors (Lipinski definition) is 5. The number of benzene rings is 1. The molecule has 5 nitrogen and oxygen atoms in total. The first-order valence-electron chi connectivity index (χ1n) is 8.83. The maximum absolute atomic E-state index is 12.3. The van der Waals surface area contributed by atoms with Gasteiger partial charge >= 0.3 is 0 Å². The lowest BCUT2D eigenvalue weighted by Crippen LogP contribution is -2.26. The molecule has 0 saturated carbocycles. The fourth-order valence-corrected chi connectivity index (χ4v) is 6.15. The molecule has 1 saturated heterocycles. The third-order valence-electron chi connectivity index (χ3n) is 4.59. The minimum Gasteiger partial charge on any atom is -0.352 e. The summed E-state index contributed by atoms with van der Waals surface area (Å²) < 4.78 is 2.70. The van der Waals surface area contributed by atoms with E-state index < -0.39 is 0 Å². The van der Waals surface area contributed by atoms with Crippen molar-refractivity contribution in [2.75, 3.05) is 18.1 Å². The highest BCUT2D eigenvalue weighted by atomic mass is 32.2. The van der Waals surface area contributed by atoms with Crippen molar-refractivity contribution in [1.29, 1.82) is 0 Å². The molecule has 2 aromatic rings. The van der Waals surface area contributed by atoms with Crippen LogP contribution in [0.25, 0.3) is 0 Å². The molecule has 7 heteroatoms. The predicted molar refractivity (Wildman–Crippen MR) is 103 cm³/mol. The lowest BCUT2D eigenvalue weighted by molar-refractivity contribution is 0.0954. The van der Waals surface area contributed by atoms with E-state index in [4.69, 9.17) is 0 Å². The molecule has 1 N–H and O–H groups in total. The van der Waals surface area contributed by atoms with E-state index >= 15 is 0 Å². The Labute approximate surface area is 156 Å². The number of thioether (sulfide) groups is 2. The van der Waals surface area contributed by atoms with Crippen molar-refractivity contribution in [3.8, 4) is 0 Å². The van der Waals surface area contributed by atoms with Crippen molar-refractivity contribution in [3.63, 3.8) is 0 Å². The Morgan fingerprint density at radius 1 is 1.16 bits per heavy atom. The summed E-state index contributed by atoms with van der Waals surface area (Å²) in [6, 6.07) is 8.07. The standard InChI is InChI=1S/C18H22N4OS2/c23-17(19-9-8-16-21-20-15-3-1-10-22(15)16)13-4-6-14(7-5-13)18-24-11-2-12-25-18/h4-7,18H,1-3,8-12H2,(H,19,23). The van der Waals surface area contributed by atoms with Crippen LogP contribution in [0.5, 0.6) is 0 Å². The van der Waals surface area contributed by atoms with Gasteiger partial charge in [-0.15, -0.1) is 33.7 Å². The van der Waals surface area contributed by atoms with E-state index in [0.717, 1.165) is 43.0 Å². The molecule has 0 unspecified atom stereocenters. The molecular formula is C18H22N4OS2. The summed E-state index contributed by atoms with van der Waals surface area (Å²) in [5.41, 5.74) is 2.03. The number of hydrogen-bond donors (Lipinski definition) is 1. The van der Waals surface area contributed by atoms with E-state index in [0.29, 0.717) is 11.1 Å². The first kappa shape index (κ1) is 17.0. The minimum absolute atomic E-state index is 0.0170. The van der Waals surface area contributed by atoms with Gasteiger partial charge in [0.25, 0.3) is 5.91 Å². The fraction of sp³-hybridized carbons (Fsp3) is 0.500. The van der Waals surface area contributed by atoms with Gasteiger partial charge in [-0.05, 0) is 42.0 Å². The van der Waals surface area contributed by atoms with Gasteiger partial charge in [-0.25, -0.2) is 0 Å². The maximum Gasteiger partial charge on any atom is 0.251 e. The van der Waals surface area contributed by atoms with Crippen molar-refractivity contribution >= 4 is 29.4 Å². The third kappa shape index (κ3) is 3.87. The summed E-state index contributed by atoms with van der Waals surface area (Å²) in [6.45, 7) is 1.59.